The molecule has 2 N–H and O–H groups in total. The number of nitrogens with zero attached hydrogens (tertiary/aromatic N) is 1. The predicted octanol–water partition coefficient (Wildman–Crippen LogP) is 0.811. The zero-order valence-corrected chi connectivity index (χ0v) is 17.7. The molecule has 0 bridgehead atoms. The number of nitrogens with one attached hydrogen (secondary N) is 2. The van der Waals surface area contributed by atoms with Gasteiger partial charge in [-0.2, -0.15) is 15.6 Å². The predicted molar refractivity (Wildman–Crippen MR) is 109 cm³/mol. The van der Waals surface area contributed by atoms with Crippen LogP contribution in [0.1, 0.15) is 12.5 Å². The molecule has 2 heterocycles. The monoisotopic (exact) mass is 424 g/mol. The number of anilines is 1. The summed E-state index contributed by atoms with van der Waals surface area (Å²) in [6.45, 7) is 4.09. The van der Waals surface area contributed by atoms with Gasteiger partial charge in [0.15, 0.2) is 6.04 Å². The van der Waals surface area contributed by atoms with Crippen LogP contribution in [0.25, 0.3) is 0 Å². The minimum absolute atomic E-state index is 0.145. The van der Waals surface area contributed by atoms with Crippen molar-refractivity contribution in [2.24, 2.45) is 0 Å². The van der Waals surface area contributed by atoms with Crippen molar-refractivity contribution < 1.29 is 22.8 Å². The Labute approximate surface area is 170 Å². The molecule has 9 heteroatoms. The maximum Gasteiger partial charge on any atom is 0.282 e. The van der Waals surface area contributed by atoms with E-state index in [9.17, 15) is 13.2 Å². The Morgan fingerprint density at radius 3 is 2.75 bits per heavy atom. The van der Waals surface area contributed by atoms with Crippen LogP contribution in [0.2, 0.25) is 0 Å². The number of sulfonamides is 1. The van der Waals surface area contributed by atoms with Gasteiger partial charge >= 0.3 is 0 Å². The van der Waals surface area contributed by atoms with Gasteiger partial charge in [0.05, 0.1) is 25.2 Å². The molecule has 1 aliphatic rings. The summed E-state index contributed by atoms with van der Waals surface area (Å²) in [7, 11) is -1.62. The summed E-state index contributed by atoms with van der Waals surface area (Å²) in [5.74, 6) is -0.145. The van der Waals surface area contributed by atoms with Crippen LogP contribution < -0.4 is 10.2 Å². The quantitative estimate of drug-likeness (QED) is 0.689. The van der Waals surface area contributed by atoms with E-state index in [2.05, 4.69) is 16.8 Å². The Morgan fingerprint density at radius 1 is 1.32 bits per heavy atom. The Kier molecular flexibility index (Phi) is 6.84. The summed E-state index contributed by atoms with van der Waals surface area (Å²) in [5, 5.41) is 6.95. The zero-order valence-electron chi connectivity index (χ0n) is 16.1. The molecule has 2 aromatic rings. The number of carbonyl (C=O) groups is 1. The number of carbonyl (C=O) groups excluding carboxylic acids is 1. The average molecular weight is 425 g/mol. The first-order chi connectivity index (χ1) is 13.4. The number of hydrogen-bond donors (Lipinski definition) is 2. The highest BCUT2D eigenvalue weighted by atomic mass is 32.2. The summed E-state index contributed by atoms with van der Waals surface area (Å²) in [4.78, 5) is 13.9. The minimum Gasteiger partial charge on any atom is -0.379 e. The van der Waals surface area contributed by atoms with Gasteiger partial charge in [-0.15, -0.1) is 0 Å². The number of benzene rings is 1. The molecule has 1 unspecified atom stereocenters. The molecule has 1 amide bonds. The van der Waals surface area contributed by atoms with Crippen molar-refractivity contribution >= 4 is 33.0 Å². The van der Waals surface area contributed by atoms with E-state index in [0.29, 0.717) is 32.0 Å². The summed E-state index contributed by atoms with van der Waals surface area (Å²) >= 11 is 1.64. The largest absolute Gasteiger partial charge is 0.379 e. The number of likely N-dealkylation sites (N-methyl/N-ethyl adjacent to an activating group) is 1. The highest BCUT2D eigenvalue weighted by molar-refractivity contribution is 7.89. The lowest BCUT2D eigenvalue weighted by Crippen LogP contribution is -3.12. The average Bonchev–Trinajstić information content (AvgIpc) is 3.21. The van der Waals surface area contributed by atoms with Crippen LogP contribution in [-0.4, -0.2) is 58.0 Å². The van der Waals surface area contributed by atoms with E-state index in [0.717, 1.165) is 11.4 Å². The second-order valence-corrected chi connectivity index (χ2v) is 9.63. The number of thiophene rings is 1. The summed E-state index contributed by atoms with van der Waals surface area (Å²) < 4.78 is 32.2. The first kappa shape index (κ1) is 20.9. The second kappa shape index (κ2) is 9.15. The van der Waals surface area contributed by atoms with Crippen LogP contribution in [0.15, 0.2) is 46.0 Å². The molecular weight excluding hydrogens is 398 g/mol. The molecule has 7 nitrogen and oxygen atoms in total. The molecule has 1 aliphatic heterocycles. The van der Waals surface area contributed by atoms with Crippen LogP contribution >= 0.6 is 11.3 Å². The van der Waals surface area contributed by atoms with Gasteiger partial charge in [-0.05, 0) is 41.9 Å². The third kappa shape index (κ3) is 4.98. The van der Waals surface area contributed by atoms with Crippen molar-refractivity contribution in [3.05, 3.63) is 46.7 Å². The van der Waals surface area contributed by atoms with E-state index in [-0.39, 0.29) is 16.8 Å². The van der Waals surface area contributed by atoms with Crippen molar-refractivity contribution in [3.63, 3.8) is 0 Å². The molecule has 1 aromatic heterocycles. The zero-order chi connectivity index (χ0) is 20.1. The summed E-state index contributed by atoms with van der Waals surface area (Å²) in [6, 6.07) is 8.20. The molecule has 1 aromatic carbocycles. The first-order valence-corrected chi connectivity index (χ1v) is 11.6. The fraction of sp³-hybridized carbons (Fsp3) is 0.421. The maximum atomic E-state index is 12.8. The Bertz CT molecular complexity index is 894. The normalized spacial score (nSPS) is 17.8. The maximum absolute atomic E-state index is 12.8. The molecular formula is C19H26N3O4S2+. The standard InChI is InChI=1S/C19H25N3O4S2/c1-15(21(2)13-16-6-11-27-14-16)19(23)20-17-4-3-5-18(12-17)28(24,25)22-7-9-26-10-8-22/h3-6,11-12,14-15H,7-10,13H2,1-2H3,(H,20,23)/p+1/t15-/m0/s1. The van der Waals surface area contributed by atoms with Crippen molar-refractivity contribution in [1.29, 1.82) is 0 Å². The van der Waals surface area contributed by atoms with E-state index < -0.39 is 10.0 Å². The molecule has 0 saturated carbocycles. The highest BCUT2D eigenvalue weighted by Gasteiger charge is 2.27. The van der Waals surface area contributed by atoms with Crippen LogP contribution in [0, 0.1) is 0 Å². The van der Waals surface area contributed by atoms with E-state index >= 15 is 0 Å². The third-order valence-electron chi connectivity index (χ3n) is 4.90. The lowest BCUT2D eigenvalue weighted by atomic mass is 10.2. The number of rotatable bonds is 7. The molecule has 1 fully saturated rings. The van der Waals surface area contributed by atoms with Crippen molar-refractivity contribution in [2.75, 3.05) is 38.7 Å². The van der Waals surface area contributed by atoms with Gasteiger partial charge in [0.25, 0.3) is 5.91 Å². The van der Waals surface area contributed by atoms with Gasteiger partial charge < -0.3 is 15.0 Å². The van der Waals surface area contributed by atoms with Crippen molar-refractivity contribution in [1.82, 2.24) is 4.31 Å². The van der Waals surface area contributed by atoms with E-state index in [1.165, 1.54) is 15.9 Å². The lowest BCUT2D eigenvalue weighted by molar-refractivity contribution is -0.907. The third-order valence-corrected chi connectivity index (χ3v) is 7.53. The van der Waals surface area contributed by atoms with Gasteiger partial charge in [0.1, 0.15) is 6.54 Å². The molecule has 0 spiro atoms. The molecule has 1 saturated heterocycles. The van der Waals surface area contributed by atoms with Gasteiger partial charge in [-0.25, -0.2) is 8.42 Å². The summed E-state index contributed by atoms with van der Waals surface area (Å²) in [6.07, 6.45) is 0. The van der Waals surface area contributed by atoms with Crippen LogP contribution in [0.4, 0.5) is 5.69 Å². The van der Waals surface area contributed by atoms with Crippen LogP contribution in [-0.2, 0) is 26.1 Å². The van der Waals surface area contributed by atoms with E-state index in [1.807, 2.05) is 19.4 Å². The smallest absolute Gasteiger partial charge is 0.282 e. The fourth-order valence-corrected chi connectivity index (χ4v) is 5.14. The second-order valence-electron chi connectivity index (χ2n) is 6.91. The van der Waals surface area contributed by atoms with Gasteiger partial charge in [0, 0.05) is 24.3 Å². The number of amides is 1. The SMILES string of the molecule is C[C@@H](C(=O)Nc1cccc(S(=O)(=O)N2CCOCC2)c1)[NH+](C)Cc1ccsc1. The summed E-state index contributed by atoms with van der Waals surface area (Å²) in [5.41, 5.74) is 1.68. The van der Waals surface area contributed by atoms with Crippen molar-refractivity contribution in [3.8, 4) is 0 Å². The highest BCUT2D eigenvalue weighted by Crippen LogP contribution is 2.20. The molecule has 0 radical (unpaired) electrons. The van der Waals surface area contributed by atoms with Gasteiger partial charge in [-0.1, -0.05) is 6.07 Å². The van der Waals surface area contributed by atoms with E-state index in [1.54, 1.807) is 29.5 Å². The Morgan fingerprint density at radius 2 is 2.07 bits per heavy atom. The van der Waals surface area contributed by atoms with E-state index in [4.69, 9.17) is 4.74 Å². The molecule has 0 aliphatic carbocycles. The topological polar surface area (TPSA) is 80.2 Å². The Hall–Kier alpha value is -1.78. The van der Waals surface area contributed by atoms with Gasteiger partial charge in [0.2, 0.25) is 10.0 Å². The van der Waals surface area contributed by atoms with Gasteiger partial charge in [-0.3, -0.25) is 4.79 Å². The minimum atomic E-state index is -3.59. The number of morpholine rings is 1. The Balaban J connectivity index is 1.67. The molecule has 3 rings (SSSR count). The number of hydrogen-bond acceptors (Lipinski definition) is 5. The first-order valence-electron chi connectivity index (χ1n) is 9.20. The molecule has 2 atom stereocenters. The fourth-order valence-electron chi connectivity index (χ4n) is 3.01. The number of quaternary nitrogens is 1. The molecule has 28 heavy (non-hydrogen) atoms. The van der Waals surface area contributed by atoms with Crippen LogP contribution in [0.3, 0.4) is 0 Å². The number of ether oxygens (including phenoxy) is 1. The van der Waals surface area contributed by atoms with Crippen LogP contribution in [0.5, 0.6) is 0 Å². The molecule has 152 valence electrons. The van der Waals surface area contributed by atoms with Crippen molar-refractivity contribution in [2.45, 2.75) is 24.4 Å². The lowest BCUT2D eigenvalue weighted by Gasteiger charge is -2.26.